The molecule has 0 saturated heterocycles. The van der Waals surface area contributed by atoms with Gasteiger partial charge in [-0.3, -0.25) is 0 Å². The lowest BCUT2D eigenvalue weighted by molar-refractivity contribution is 0.459. The van der Waals surface area contributed by atoms with Crippen LogP contribution in [-0.2, 0) is 0 Å². The maximum absolute atomic E-state index is 5.72. The van der Waals surface area contributed by atoms with Gasteiger partial charge in [0, 0.05) is 38.1 Å². The number of ether oxygens (including phenoxy) is 1. The molecule has 6 heteroatoms. The zero-order valence-electron chi connectivity index (χ0n) is 10.1. The predicted molar refractivity (Wildman–Crippen MR) is 75.0 cm³/mol. The monoisotopic (exact) mass is 308 g/mol. The second kappa shape index (κ2) is 5.22. The van der Waals surface area contributed by atoms with Crippen LogP contribution < -0.4 is 15.4 Å². The van der Waals surface area contributed by atoms with Crippen LogP contribution in [0.25, 0.3) is 0 Å². The lowest BCUT2D eigenvalue weighted by Gasteiger charge is -2.12. The Labute approximate surface area is 114 Å². The normalized spacial score (nSPS) is 10.2. The molecular formula is C12H13BrN4O. The van der Waals surface area contributed by atoms with Gasteiger partial charge in [0.2, 0.25) is 11.8 Å². The summed E-state index contributed by atoms with van der Waals surface area (Å²) >= 11 is 3.40. The molecule has 0 fully saturated rings. The molecule has 2 N–H and O–H groups in total. The molecule has 2 aromatic rings. The molecule has 0 atom stereocenters. The summed E-state index contributed by atoms with van der Waals surface area (Å²) < 4.78 is 6.50. The molecule has 0 unspecified atom stereocenters. The zero-order valence-corrected chi connectivity index (χ0v) is 11.7. The molecule has 1 heterocycles. The lowest BCUT2D eigenvalue weighted by atomic mass is 10.3. The number of nitrogens with two attached hydrogens (primary N) is 1. The summed E-state index contributed by atoms with van der Waals surface area (Å²) in [4.78, 5) is 10.2. The second-order valence-electron chi connectivity index (χ2n) is 3.88. The minimum Gasteiger partial charge on any atom is -0.438 e. The molecule has 0 aliphatic heterocycles. The molecule has 94 valence electrons. The highest BCUT2D eigenvalue weighted by atomic mass is 79.9. The van der Waals surface area contributed by atoms with Crippen molar-refractivity contribution < 1.29 is 4.74 Å². The zero-order chi connectivity index (χ0) is 13.1. The van der Waals surface area contributed by atoms with E-state index >= 15 is 0 Å². The molecule has 0 radical (unpaired) electrons. The summed E-state index contributed by atoms with van der Waals surface area (Å²) in [7, 11) is 3.74. The molecule has 0 spiro atoms. The van der Waals surface area contributed by atoms with Crippen molar-refractivity contribution in [1.82, 2.24) is 9.97 Å². The smallest absolute Gasteiger partial charge is 0.228 e. The van der Waals surface area contributed by atoms with Crippen molar-refractivity contribution in [2.45, 2.75) is 0 Å². The van der Waals surface area contributed by atoms with E-state index in [9.17, 15) is 0 Å². The highest BCUT2D eigenvalue weighted by Gasteiger charge is 2.06. The maximum atomic E-state index is 5.72. The summed E-state index contributed by atoms with van der Waals surface area (Å²) in [5.41, 5.74) is 6.35. The van der Waals surface area contributed by atoms with Gasteiger partial charge in [0.05, 0.1) is 4.47 Å². The molecule has 5 nitrogen and oxygen atoms in total. The van der Waals surface area contributed by atoms with Crippen molar-refractivity contribution in [2.75, 3.05) is 24.7 Å². The van der Waals surface area contributed by atoms with Gasteiger partial charge in [-0.15, -0.1) is 0 Å². The molecular weight excluding hydrogens is 296 g/mol. The first-order valence-electron chi connectivity index (χ1n) is 5.29. The molecule has 0 aliphatic carbocycles. The third-order valence-corrected chi connectivity index (χ3v) is 2.84. The van der Waals surface area contributed by atoms with E-state index in [-0.39, 0.29) is 0 Å². The van der Waals surface area contributed by atoms with E-state index in [1.165, 1.54) is 0 Å². The SMILES string of the molecule is CN(C)c1nccc(Oc2cc(N)ccc2Br)n1. The van der Waals surface area contributed by atoms with Crippen LogP contribution in [0.3, 0.4) is 0 Å². The maximum Gasteiger partial charge on any atom is 0.228 e. The fourth-order valence-corrected chi connectivity index (χ4v) is 1.64. The van der Waals surface area contributed by atoms with Gasteiger partial charge in [-0.2, -0.15) is 4.98 Å². The van der Waals surface area contributed by atoms with Crippen LogP contribution >= 0.6 is 15.9 Å². The fraction of sp³-hybridized carbons (Fsp3) is 0.167. The van der Waals surface area contributed by atoms with Crippen LogP contribution in [-0.4, -0.2) is 24.1 Å². The van der Waals surface area contributed by atoms with Crippen LogP contribution in [0.1, 0.15) is 0 Å². The predicted octanol–water partition coefficient (Wildman–Crippen LogP) is 2.68. The number of nitrogens with zero attached hydrogens (tertiary/aromatic N) is 3. The van der Waals surface area contributed by atoms with E-state index in [4.69, 9.17) is 10.5 Å². The minimum absolute atomic E-state index is 0.472. The summed E-state index contributed by atoms with van der Waals surface area (Å²) in [5.74, 6) is 1.69. The fourth-order valence-electron chi connectivity index (χ4n) is 1.32. The van der Waals surface area contributed by atoms with Crippen molar-refractivity contribution in [2.24, 2.45) is 0 Å². The first-order valence-corrected chi connectivity index (χ1v) is 6.09. The number of halogens is 1. The van der Waals surface area contributed by atoms with Gasteiger partial charge >= 0.3 is 0 Å². The molecule has 0 saturated carbocycles. The number of anilines is 2. The molecule has 0 bridgehead atoms. The van der Waals surface area contributed by atoms with E-state index in [1.54, 1.807) is 29.3 Å². The Kier molecular flexibility index (Phi) is 3.66. The van der Waals surface area contributed by atoms with Crippen molar-refractivity contribution in [3.8, 4) is 11.6 Å². The van der Waals surface area contributed by atoms with E-state index in [1.807, 2.05) is 20.2 Å². The van der Waals surface area contributed by atoms with E-state index in [0.29, 0.717) is 23.3 Å². The van der Waals surface area contributed by atoms with Gasteiger partial charge in [0.1, 0.15) is 5.75 Å². The van der Waals surface area contributed by atoms with Crippen molar-refractivity contribution in [3.05, 3.63) is 34.9 Å². The van der Waals surface area contributed by atoms with Crippen molar-refractivity contribution in [3.63, 3.8) is 0 Å². The van der Waals surface area contributed by atoms with Gasteiger partial charge in [0.15, 0.2) is 0 Å². The van der Waals surface area contributed by atoms with E-state index in [2.05, 4.69) is 25.9 Å². The van der Waals surface area contributed by atoms with Gasteiger partial charge in [-0.1, -0.05) is 0 Å². The van der Waals surface area contributed by atoms with Crippen molar-refractivity contribution in [1.29, 1.82) is 0 Å². The Balaban J connectivity index is 2.28. The van der Waals surface area contributed by atoms with Crippen LogP contribution in [0.2, 0.25) is 0 Å². The number of rotatable bonds is 3. The van der Waals surface area contributed by atoms with E-state index < -0.39 is 0 Å². The Bertz CT molecular complexity index is 560. The third-order valence-electron chi connectivity index (χ3n) is 2.19. The van der Waals surface area contributed by atoms with Gasteiger partial charge in [-0.25, -0.2) is 4.98 Å². The van der Waals surface area contributed by atoms with Crippen LogP contribution in [0.4, 0.5) is 11.6 Å². The first-order chi connectivity index (χ1) is 8.56. The Morgan fingerprint density at radius 1 is 1.28 bits per heavy atom. The number of hydrogen-bond donors (Lipinski definition) is 1. The molecule has 1 aromatic carbocycles. The Morgan fingerprint density at radius 2 is 2.06 bits per heavy atom. The molecule has 2 rings (SSSR count). The van der Waals surface area contributed by atoms with Gasteiger partial charge in [0.25, 0.3) is 0 Å². The topological polar surface area (TPSA) is 64.3 Å². The molecule has 1 aromatic heterocycles. The number of hydrogen-bond acceptors (Lipinski definition) is 5. The van der Waals surface area contributed by atoms with Crippen LogP contribution in [0, 0.1) is 0 Å². The molecule has 18 heavy (non-hydrogen) atoms. The molecule has 0 aliphatic rings. The van der Waals surface area contributed by atoms with Crippen LogP contribution in [0.5, 0.6) is 11.6 Å². The van der Waals surface area contributed by atoms with Gasteiger partial charge < -0.3 is 15.4 Å². The summed E-state index contributed by atoms with van der Waals surface area (Å²) in [6.07, 6.45) is 1.65. The largest absolute Gasteiger partial charge is 0.438 e. The van der Waals surface area contributed by atoms with Crippen molar-refractivity contribution >= 4 is 27.6 Å². The lowest BCUT2D eigenvalue weighted by Crippen LogP contribution is -2.12. The average molecular weight is 309 g/mol. The summed E-state index contributed by atoms with van der Waals surface area (Å²) in [6, 6.07) is 7.06. The highest BCUT2D eigenvalue weighted by molar-refractivity contribution is 9.10. The number of benzene rings is 1. The first kappa shape index (κ1) is 12.6. The second-order valence-corrected chi connectivity index (χ2v) is 4.74. The van der Waals surface area contributed by atoms with Gasteiger partial charge in [-0.05, 0) is 28.1 Å². The number of aromatic nitrogens is 2. The Morgan fingerprint density at radius 3 is 2.78 bits per heavy atom. The minimum atomic E-state index is 0.472. The highest BCUT2D eigenvalue weighted by Crippen LogP contribution is 2.30. The quantitative estimate of drug-likeness (QED) is 0.883. The number of nitrogen functional groups attached to an aromatic ring is 1. The summed E-state index contributed by atoms with van der Waals surface area (Å²) in [6.45, 7) is 0. The Hall–Kier alpha value is -1.82. The third kappa shape index (κ3) is 2.89. The molecule has 0 amide bonds. The van der Waals surface area contributed by atoms with E-state index in [0.717, 1.165) is 4.47 Å². The van der Waals surface area contributed by atoms with Crippen LogP contribution in [0.15, 0.2) is 34.9 Å². The average Bonchev–Trinajstić information content (AvgIpc) is 2.34. The standard InChI is InChI=1S/C12H13BrN4O/c1-17(2)12-15-6-5-11(16-12)18-10-7-8(14)3-4-9(10)13/h3-7H,14H2,1-2H3. The summed E-state index contributed by atoms with van der Waals surface area (Å²) in [5, 5.41) is 0.